The van der Waals surface area contributed by atoms with E-state index in [9.17, 15) is 8.42 Å². The predicted molar refractivity (Wildman–Crippen MR) is 70.8 cm³/mol. The molecule has 0 aliphatic rings. The minimum absolute atomic E-state index is 0.0684. The number of aryl methyl sites for hydroxylation is 2. The van der Waals surface area contributed by atoms with Crippen LogP contribution in [0.25, 0.3) is 0 Å². The lowest BCUT2D eigenvalue weighted by atomic mass is 10.3. The molecule has 2 N–H and O–H groups in total. The maximum atomic E-state index is 12.1. The molecule has 0 amide bonds. The molecule has 0 spiro atoms. The fourth-order valence-electron chi connectivity index (χ4n) is 1.61. The fraction of sp³-hybridized carbons (Fsp3) is 0.700. The van der Waals surface area contributed by atoms with Gasteiger partial charge in [-0.2, -0.15) is 16.9 Å². The molecule has 1 unspecified atom stereocenters. The van der Waals surface area contributed by atoms with E-state index in [0.29, 0.717) is 11.4 Å². The molecule has 1 aromatic rings. The van der Waals surface area contributed by atoms with Crippen molar-refractivity contribution in [2.75, 3.05) is 12.0 Å². The summed E-state index contributed by atoms with van der Waals surface area (Å²) >= 11 is 1.71. The van der Waals surface area contributed by atoms with E-state index < -0.39 is 10.0 Å². The van der Waals surface area contributed by atoms with Gasteiger partial charge in [0.15, 0.2) is 0 Å². The maximum Gasteiger partial charge on any atom is 0.244 e. The van der Waals surface area contributed by atoms with Gasteiger partial charge >= 0.3 is 0 Å². The SMILES string of the molecule is CSCCC(C)NS(=O)(=O)c1c(C)n[nH]c1C. The summed E-state index contributed by atoms with van der Waals surface area (Å²) in [6.07, 6.45) is 2.82. The second kappa shape index (κ2) is 5.88. The number of nitrogens with zero attached hydrogens (tertiary/aromatic N) is 1. The van der Waals surface area contributed by atoms with Crippen molar-refractivity contribution in [1.82, 2.24) is 14.9 Å². The molecule has 0 fully saturated rings. The molecular formula is C10H19N3O2S2. The summed E-state index contributed by atoms with van der Waals surface area (Å²) in [4.78, 5) is 0.272. The van der Waals surface area contributed by atoms with Crippen molar-refractivity contribution in [1.29, 1.82) is 0 Å². The lowest BCUT2D eigenvalue weighted by Crippen LogP contribution is -2.33. The number of sulfonamides is 1. The molecule has 1 rings (SSSR count). The van der Waals surface area contributed by atoms with Gasteiger partial charge < -0.3 is 0 Å². The maximum absolute atomic E-state index is 12.1. The predicted octanol–water partition coefficient (Wildman–Crippen LogP) is 1.45. The van der Waals surface area contributed by atoms with Crippen LogP contribution >= 0.6 is 11.8 Å². The van der Waals surface area contributed by atoms with E-state index >= 15 is 0 Å². The molecule has 0 aromatic carbocycles. The lowest BCUT2D eigenvalue weighted by Gasteiger charge is -2.13. The Labute approximate surface area is 107 Å². The molecule has 0 aliphatic carbocycles. The first-order valence-electron chi connectivity index (χ1n) is 5.41. The topological polar surface area (TPSA) is 74.8 Å². The van der Waals surface area contributed by atoms with Crippen LogP contribution in [0.15, 0.2) is 4.90 Å². The molecule has 0 aliphatic heterocycles. The largest absolute Gasteiger partial charge is 0.281 e. The van der Waals surface area contributed by atoms with E-state index in [2.05, 4.69) is 14.9 Å². The Bertz CT molecular complexity index is 448. The number of rotatable bonds is 6. The van der Waals surface area contributed by atoms with Crippen LogP contribution < -0.4 is 4.72 Å². The van der Waals surface area contributed by atoms with Crippen molar-refractivity contribution >= 4 is 21.8 Å². The highest BCUT2D eigenvalue weighted by Crippen LogP contribution is 2.17. The minimum atomic E-state index is -3.46. The third-order valence-electron chi connectivity index (χ3n) is 2.44. The molecule has 1 aromatic heterocycles. The van der Waals surface area contributed by atoms with Crippen LogP contribution in [0, 0.1) is 13.8 Å². The second-order valence-electron chi connectivity index (χ2n) is 4.07. The number of hydrogen-bond donors (Lipinski definition) is 2. The van der Waals surface area contributed by atoms with Crippen molar-refractivity contribution < 1.29 is 8.42 Å². The Morgan fingerprint density at radius 3 is 2.59 bits per heavy atom. The summed E-state index contributed by atoms with van der Waals surface area (Å²) in [5.41, 5.74) is 1.08. The van der Waals surface area contributed by atoms with Crippen LogP contribution in [0.5, 0.6) is 0 Å². The first kappa shape index (κ1) is 14.5. The first-order chi connectivity index (χ1) is 7.88. The van der Waals surface area contributed by atoms with Gasteiger partial charge in [-0.1, -0.05) is 0 Å². The number of aromatic nitrogens is 2. The summed E-state index contributed by atoms with van der Waals surface area (Å²) < 4.78 is 26.9. The molecule has 5 nitrogen and oxygen atoms in total. The molecule has 0 saturated carbocycles. The number of H-pyrrole nitrogens is 1. The number of nitrogens with one attached hydrogen (secondary N) is 2. The van der Waals surface area contributed by atoms with Crippen LogP contribution in [0.3, 0.4) is 0 Å². The molecule has 0 bridgehead atoms. The van der Waals surface area contributed by atoms with Crippen LogP contribution in [-0.2, 0) is 10.0 Å². The number of hydrogen-bond acceptors (Lipinski definition) is 4. The van der Waals surface area contributed by atoms with Gasteiger partial charge in [0.05, 0.1) is 11.4 Å². The van der Waals surface area contributed by atoms with Gasteiger partial charge in [0.2, 0.25) is 10.0 Å². The Hall–Kier alpha value is -0.530. The molecule has 0 saturated heterocycles. The number of thioether (sulfide) groups is 1. The van der Waals surface area contributed by atoms with Gasteiger partial charge in [0, 0.05) is 6.04 Å². The Balaban J connectivity index is 2.83. The summed E-state index contributed by atoms with van der Waals surface area (Å²) in [6.45, 7) is 5.27. The Morgan fingerprint density at radius 1 is 1.47 bits per heavy atom. The van der Waals surface area contributed by atoms with Gasteiger partial charge in [0.25, 0.3) is 0 Å². The standard InChI is InChI=1S/C10H19N3O2S2/c1-7(5-6-16-4)13-17(14,15)10-8(2)11-12-9(10)3/h7,13H,5-6H2,1-4H3,(H,11,12). The van der Waals surface area contributed by atoms with Gasteiger partial charge in [-0.25, -0.2) is 13.1 Å². The highest BCUT2D eigenvalue weighted by Gasteiger charge is 2.23. The highest BCUT2D eigenvalue weighted by atomic mass is 32.2. The van der Waals surface area contributed by atoms with Gasteiger partial charge in [-0.3, -0.25) is 5.10 Å². The minimum Gasteiger partial charge on any atom is -0.281 e. The van der Waals surface area contributed by atoms with Crippen molar-refractivity contribution in [3.05, 3.63) is 11.4 Å². The first-order valence-corrected chi connectivity index (χ1v) is 8.29. The van der Waals surface area contributed by atoms with E-state index in [1.165, 1.54) is 0 Å². The highest BCUT2D eigenvalue weighted by molar-refractivity contribution is 7.98. The van der Waals surface area contributed by atoms with E-state index in [4.69, 9.17) is 0 Å². The Kier molecular flexibility index (Phi) is 5.03. The van der Waals surface area contributed by atoms with Crippen LogP contribution in [-0.4, -0.2) is 36.7 Å². The zero-order valence-corrected chi connectivity index (χ0v) is 12.2. The molecule has 1 atom stereocenters. The third-order valence-corrected chi connectivity index (χ3v) is 4.94. The third kappa shape index (κ3) is 3.72. The van der Waals surface area contributed by atoms with Gasteiger partial charge in [0.1, 0.15) is 4.90 Å². The van der Waals surface area contributed by atoms with Crippen LogP contribution in [0.1, 0.15) is 24.7 Å². The average molecular weight is 277 g/mol. The van der Waals surface area contributed by atoms with Gasteiger partial charge in [-0.15, -0.1) is 0 Å². The monoisotopic (exact) mass is 277 g/mol. The van der Waals surface area contributed by atoms with Crippen molar-refractivity contribution in [2.24, 2.45) is 0 Å². The molecule has 17 heavy (non-hydrogen) atoms. The smallest absolute Gasteiger partial charge is 0.244 e. The molecular weight excluding hydrogens is 258 g/mol. The lowest BCUT2D eigenvalue weighted by molar-refractivity contribution is 0.556. The van der Waals surface area contributed by atoms with Crippen LogP contribution in [0.4, 0.5) is 0 Å². The zero-order chi connectivity index (χ0) is 13.1. The summed E-state index contributed by atoms with van der Waals surface area (Å²) in [7, 11) is -3.46. The Morgan fingerprint density at radius 2 is 2.12 bits per heavy atom. The molecule has 0 radical (unpaired) electrons. The average Bonchev–Trinajstić information content (AvgIpc) is 2.55. The zero-order valence-electron chi connectivity index (χ0n) is 10.6. The fourth-order valence-corrected chi connectivity index (χ4v) is 3.85. The quantitative estimate of drug-likeness (QED) is 0.825. The van der Waals surface area contributed by atoms with Crippen molar-refractivity contribution in [3.63, 3.8) is 0 Å². The van der Waals surface area contributed by atoms with Gasteiger partial charge in [-0.05, 0) is 39.2 Å². The van der Waals surface area contributed by atoms with Crippen LogP contribution in [0.2, 0.25) is 0 Å². The normalized spacial score (nSPS) is 13.9. The number of aromatic amines is 1. The second-order valence-corrected chi connectivity index (χ2v) is 6.70. The van der Waals surface area contributed by atoms with Crippen molar-refractivity contribution in [3.8, 4) is 0 Å². The molecule has 98 valence electrons. The summed E-state index contributed by atoms with van der Waals surface area (Å²) in [5.74, 6) is 0.938. The van der Waals surface area contributed by atoms with Crippen molar-refractivity contribution in [2.45, 2.75) is 38.1 Å². The molecule has 1 heterocycles. The van der Waals surface area contributed by atoms with E-state index in [1.54, 1.807) is 25.6 Å². The molecule has 7 heteroatoms. The van der Waals surface area contributed by atoms with E-state index in [1.807, 2.05) is 13.2 Å². The van der Waals surface area contributed by atoms with E-state index in [0.717, 1.165) is 12.2 Å². The summed E-state index contributed by atoms with van der Waals surface area (Å²) in [5, 5.41) is 6.59. The van der Waals surface area contributed by atoms with E-state index in [-0.39, 0.29) is 10.9 Å². The summed E-state index contributed by atoms with van der Waals surface area (Å²) in [6, 6.07) is -0.0684.